The molecule has 0 bridgehead atoms. The number of aromatic nitrogens is 2. The molecule has 10 heteroatoms. The minimum Gasteiger partial charge on any atom is -0.493 e. The van der Waals surface area contributed by atoms with Crippen LogP contribution >= 0.6 is 0 Å². The average molecular weight is 506 g/mol. The first-order chi connectivity index (χ1) is 16.7. The monoisotopic (exact) mass is 505 g/mol. The van der Waals surface area contributed by atoms with Crippen molar-refractivity contribution in [1.82, 2.24) is 9.55 Å². The van der Waals surface area contributed by atoms with Gasteiger partial charge in [0.15, 0.2) is 5.75 Å². The van der Waals surface area contributed by atoms with E-state index >= 15 is 0 Å². The molecule has 1 aromatic heterocycles. The number of anilines is 2. The summed E-state index contributed by atoms with van der Waals surface area (Å²) in [6.45, 7) is 8.93. The number of methoxy groups -OCH3 is 1. The lowest BCUT2D eigenvalue weighted by Gasteiger charge is -2.45. The third kappa shape index (κ3) is 5.37. The molecule has 0 radical (unpaired) electrons. The second-order valence-electron chi connectivity index (χ2n) is 10.9. The third-order valence-corrected chi connectivity index (χ3v) is 6.49. The number of aromatic carboxylic acids is 1. The van der Waals surface area contributed by atoms with Gasteiger partial charge in [-0.05, 0) is 66.5 Å². The summed E-state index contributed by atoms with van der Waals surface area (Å²) in [5, 5.41) is 12.9. The number of rotatable bonds is 6. The number of ether oxygens (including phenoxy) is 2. The fourth-order valence-electron chi connectivity index (χ4n) is 5.81. The maximum atomic E-state index is 12.5. The van der Waals surface area contributed by atoms with Crippen molar-refractivity contribution in [2.24, 2.45) is 10.8 Å². The summed E-state index contributed by atoms with van der Waals surface area (Å²) >= 11 is 0. The molecule has 2 N–H and O–H groups in total. The second-order valence-corrected chi connectivity index (χ2v) is 10.9. The van der Waals surface area contributed by atoms with Crippen LogP contribution in [0.2, 0.25) is 0 Å². The van der Waals surface area contributed by atoms with E-state index in [0.29, 0.717) is 17.2 Å². The topological polar surface area (TPSA) is 85.6 Å². The molecule has 2 aromatic carbocycles. The highest BCUT2D eigenvalue weighted by atomic mass is 19.4. The van der Waals surface area contributed by atoms with Crippen molar-refractivity contribution < 1.29 is 32.5 Å². The van der Waals surface area contributed by atoms with Crippen LogP contribution in [0.4, 0.5) is 24.8 Å². The number of carbonyl (C=O) groups is 1. The Balaban J connectivity index is 1.83. The van der Waals surface area contributed by atoms with Crippen LogP contribution in [0.5, 0.6) is 11.5 Å². The van der Waals surface area contributed by atoms with E-state index in [0.717, 1.165) is 24.8 Å². The Morgan fingerprint density at radius 2 is 1.69 bits per heavy atom. The quantitative estimate of drug-likeness (QED) is 0.370. The largest absolute Gasteiger partial charge is 0.573 e. The van der Waals surface area contributed by atoms with Crippen molar-refractivity contribution in [3.05, 3.63) is 42.0 Å². The molecule has 4 rings (SSSR count). The lowest BCUT2D eigenvalue weighted by molar-refractivity contribution is -0.274. The number of fused-ring (bicyclic) bond motifs is 1. The summed E-state index contributed by atoms with van der Waals surface area (Å²) in [4.78, 5) is 16.5. The van der Waals surface area contributed by atoms with Gasteiger partial charge in [-0.15, -0.1) is 13.2 Å². The van der Waals surface area contributed by atoms with E-state index in [1.54, 1.807) is 6.07 Å². The summed E-state index contributed by atoms with van der Waals surface area (Å²) in [6, 6.07) is 8.67. The average Bonchev–Trinajstić information content (AvgIpc) is 3.09. The van der Waals surface area contributed by atoms with Gasteiger partial charge in [-0.1, -0.05) is 27.7 Å². The van der Waals surface area contributed by atoms with Gasteiger partial charge in [0.05, 0.1) is 12.6 Å². The predicted octanol–water partition coefficient (Wildman–Crippen LogP) is 7.16. The number of hydrogen-bond donors (Lipinski definition) is 2. The number of nitrogens with zero attached hydrogens (tertiary/aromatic N) is 2. The minimum absolute atomic E-state index is 0.000781. The lowest BCUT2D eigenvalue weighted by Crippen LogP contribution is -2.35. The van der Waals surface area contributed by atoms with Crippen LogP contribution in [0.1, 0.15) is 63.4 Å². The molecule has 0 unspecified atom stereocenters. The van der Waals surface area contributed by atoms with Crippen molar-refractivity contribution in [3.8, 4) is 11.5 Å². The summed E-state index contributed by atoms with van der Waals surface area (Å²) < 4.78 is 49.1. The van der Waals surface area contributed by atoms with Gasteiger partial charge in [-0.3, -0.25) is 0 Å². The molecule has 0 aliphatic heterocycles. The molecular weight excluding hydrogens is 475 g/mol. The predicted molar refractivity (Wildman–Crippen MR) is 130 cm³/mol. The SMILES string of the molecule is COc1c(C(=O)O)ccc2c1nc(Nc1ccc(OC(F)(F)F)cc1)n2C1CC(C)(C)CC(C)(C)C1. The maximum absolute atomic E-state index is 12.5. The zero-order valence-electron chi connectivity index (χ0n) is 20.9. The normalized spacial score (nSPS) is 17.7. The smallest absolute Gasteiger partial charge is 0.493 e. The number of alkyl halides is 3. The summed E-state index contributed by atoms with van der Waals surface area (Å²) in [5.41, 5.74) is 1.74. The first kappa shape index (κ1) is 25.7. The van der Waals surface area contributed by atoms with Crippen LogP contribution in [-0.2, 0) is 0 Å². The molecule has 1 heterocycles. The number of carboxylic acid groups (broad SMARTS) is 1. The molecular formula is C26H30F3N3O4. The first-order valence-electron chi connectivity index (χ1n) is 11.6. The maximum Gasteiger partial charge on any atom is 0.573 e. The van der Waals surface area contributed by atoms with Crippen molar-refractivity contribution in [2.45, 2.75) is 59.4 Å². The summed E-state index contributed by atoms with van der Waals surface area (Å²) in [7, 11) is 1.40. The van der Waals surface area contributed by atoms with Gasteiger partial charge in [0.1, 0.15) is 16.8 Å². The molecule has 0 amide bonds. The molecule has 7 nitrogen and oxygen atoms in total. The Morgan fingerprint density at radius 1 is 1.08 bits per heavy atom. The fraction of sp³-hybridized carbons (Fsp3) is 0.462. The molecule has 0 spiro atoms. The van der Waals surface area contributed by atoms with E-state index in [-0.39, 0.29) is 33.9 Å². The summed E-state index contributed by atoms with van der Waals surface area (Å²) in [5.74, 6) is -0.845. The number of nitrogens with one attached hydrogen (secondary N) is 1. The number of benzene rings is 2. The standard InChI is InChI=1S/C26H30F3N3O4/c1-24(2)12-16(13-25(3,4)14-24)32-19-11-10-18(22(33)34)21(35-5)20(19)31-23(32)30-15-6-8-17(9-7-15)36-26(27,28)29/h6-11,16H,12-14H2,1-5H3,(H,30,31)(H,33,34). The molecule has 1 fully saturated rings. The second kappa shape index (κ2) is 8.90. The summed E-state index contributed by atoms with van der Waals surface area (Å²) in [6.07, 6.45) is -1.98. The van der Waals surface area contributed by atoms with Gasteiger partial charge >= 0.3 is 12.3 Å². The zero-order chi connectivity index (χ0) is 26.5. The Morgan fingerprint density at radius 3 is 2.22 bits per heavy atom. The number of carboxylic acids is 1. The minimum atomic E-state index is -4.78. The Labute approximate surface area is 207 Å². The number of imidazole rings is 1. The lowest BCUT2D eigenvalue weighted by atomic mass is 9.63. The van der Waals surface area contributed by atoms with E-state index in [4.69, 9.17) is 9.72 Å². The number of hydrogen-bond acceptors (Lipinski definition) is 5. The highest BCUT2D eigenvalue weighted by molar-refractivity contribution is 5.99. The molecule has 1 aliphatic carbocycles. The molecule has 36 heavy (non-hydrogen) atoms. The van der Waals surface area contributed by atoms with E-state index in [2.05, 4.69) is 42.3 Å². The van der Waals surface area contributed by atoms with Crippen LogP contribution in [0.25, 0.3) is 11.0 Å². The Hall–Kier alpha value is -3.43. The first-order valence-corrected chi connectivity index (χ1v) is 11.6. The van der Waals surface area contributed by atoms with Crippen LogP contribution in [0, 0.1) is 10.8 Å². The highest BCUT2D eigenvalue weighted by Crippen LogP contribution is 2.52. The van der Waals surface area contributed by atoms with Crippen molar-refractivity contribution in [1.29, 1.82) is 0 Å². The molecule has 3 aromatic rings. The van der Waals surface area contributed by atoms with Gasteiger partial charge < -0.3 is 24.5 Å². The van der Waals surface area contributed by atoms with Crippen molar-refractivity contribution >= 4 is 28.6 Å². The molecule has 1 aliphatic rings. The highest BCUT2D eigenvalue weighted by Gasteiger charge is 2.40. The molecule has 1 saturated carbocycles. The van der Waals surface area contributed by atoms with Crippen LogP contribution in [-0.4, -0.2) is 34.1 Å². The zero-order valence-corrected chi connectivity index (χ0v) is 20.9. The van der Waals surface area contributed by atoms with Crippen molar-refractivity contribution in [3.63, 3.8) is 0 Å². The van der Waals surface area contributed by atoms with Gasteiger partial charge in [-0.2, -0.15) is 0 Å². The molecule has 0 saturated heterocycles. The number of halogens is 3. The van der Waals surface area contributed by atoms with Crippen LogP contribution in [0.15, 0.2) is 36.4 Å². The van der Waals surface area contributed by atoms with Gasteiger partial charge in [0, 0.05) is 11.7 Å². The van der Waals surface area contributed by atoms with Gasteiger partial charge in [-0.25, -0.2) is 9.78 Å². The van der Waals surface area contributed by atoms with Crippen LogP contribution < -0.4 is 14.8 Å². The van der Waals surface area contributed by atoms with E-state index in [1.807, 2.05) is 0 Å². The van der Waals surface area contributed by atoms with Gasteiger partial charge in [0.25, 0.3) is 0 Å². The fourth-order valence-corrected chi connectivity index (χ4v) is 5.81. The van der Waals surface area contributed by atoms with E-state index in [1.165, 1.54) is 37.4 Å². The van der Waals surface area contributed by atoms with Gasteiger partial charge in [0.2, 0.25) is 5.95 Å². The van der Waals surface area contributed by atoms with E-state index < -0.39 is 12.3 Å². The Bertz CT molecular complexity index is 1260. The molecule has 194 valence electrons. The van der Waals surface area contributed by atoms with Crippen LogP contribution in [0.3, 0.4) is 0 Å². The Kier molecular flexibility index (Phi) is 6.34. The molecule has 0 atom stereocenters. The van der Waals surface area contributed by atoms with E-state index in [9.17, 15) is 23.1 Å². The third-order valence-electron chi connectivity index (χ3n) is 6.49. The van der Waals surface area contributed by atoms with Crippen molar-refractivity contribution in [2.75, 3.05) is 12.4 Å².